The van der Waals surface area contributed by atoms with Gasteiger partial charge in [0.2, 0.25) is 0 Å². The molecule has 1 unspecified atom stereocenters. The van der Waals surface area contributed by atoms with Gasteiger partial charge in [-0.3, -0.25) is 0 Å². The molecule has 1 saturated carbocycles. The predicted molar refractivity (Wildman–Crippen MR) is 80.5 cm³/mol. The van der Waals surface area contributed by atoms with E-state index < -0.39 is 11.6 Å². The SMILES string of the molecule is CCNC(c1c(F)cc(OC)cc1F)C1(CC)CCCC1. The molecular formula is C17H25F2NO. The van der Waals surface area contributed by atoms with Gasteiger partial charge in [0, 0.05) is 23.7 Å². The zero-order valence-corrected chi connectivity index (χ0v) is 13.1. The van der Waals surface area contributed by atoms with Gasteiger partial charge in [0.15, 0.2) is 0 Å². The highest BCUT2D eigenvalue weighted by atomic mass is 19.1. The van der Waals surface area contributed by atoms with Crippen molar-refractivity contribution in [2.24, 2.45) is 5.41 Å². The third-order valence-corrected chi connectivity index (χ3v) is 4.90. The molecule has 1 aromatic rings. The van der Waals surface area contributed by atoms with Crippen LogP contribution >= 0.6 is 0 Å². The van der Waals surface area contributed by atoms with E-state index in [0.717, 1.165) is 32.1 Å². The number of ether oxygens (including phenoxy) is 1. The second-order valence-corrected chi connectivity index (χ2v) is 5.92. The number of hydrogen-bond acceptors (Lipinski definition) is 2. The lowest BCUT2D eigenvalue weighted by atomic mass is 9.73. The highest BCUT2D eigenvalue weighted by Gasteiger charge is 2.42. The van der Waals surface area contributed by atoms with Crippen LogP contribution in [0.5, 0.6) is 5.75 Å². The summed E-state index contributed by atoms with van der Waals surface area (Å²) in [5.41, 5.74) is 0.119. The van der Waals surface area contributed by atoms with E-state index in [9.17, 15) is 8.78 Å². The third-order valence-electron chi connectivity index (χ3n) is 4.90. The molecule has 1 aliphatic carbocycles. The van der Waals surface area contributed by atoms with E-state index in [-0.39, 0.29) is 22.8 Å². The van der Waals surface area contributed by atoms with Crippen molar-refractivity contribution in [2.75, 3.05) is 13.7 Å². The second kappa shape index (κ2) is 6.73. The number of hydrogen-bond donors (Lipinski definition) is 1. The first-order valence-electron chi connectivity index (χ1n) is 7.84. The van der Waals surface area contributed by atoms with Crippen LogP contribution in [0.3, 0.4) is 0 Å². The van der Waals surface area contributed by atoms with E-state index in [1.54, 1.807) is 0 Å². The monoisotopic (exact) mass is 297 g/mol. The van der Waals surface area contributed by atoms with Crippen LogP contribution in [0.25, 0.3) is 0 Å². The van der Waals surface area contributed by atoms with Crippen molar-refractivity contribution in [1.29, 1.82) is 0 Å². The molecule has 2 nitrogen and oxygen atoms in total. The Morgan fingerprint density at radius 1 is 1.19 bits per heavy atom. The lowest BCUT2D eigenvalue weighted by Crippen LogP contribution is -2.37. The molecule has 0 aliphatic heterocycles. The van der Waals surface area contributed by atoms with Gasteiger partial charge in [0.25, 0.3) is 0 Å². The maximum Gasteiger partial charge on any atom is 0.134 e. The molecule has 0 radical (unpaired) electrons. The van der Waals surface area contributed by atoms with Crippen LogP contribution < -0.4 is 10.1 Å². The quantitative estimate of drug-likeness (QED) is 0.829. The van der Waals surface area contributed by atoms with Gasteiger partial charge < -0.3 is 10.1 Å². The van der Waals surface area contributed by atoms with E-state index in [4.69, 9.17) is 4.74 Å². The van der Waals surface area contributed by atoms with Crippen molar-refractivity contribution in [3.63, 3.8) is 0 Å². The summed E-state index contributed by atoms with van der Waals surface area (Å²) in [4.78, 5) is 0. The number of methoxy groups -OCH3 is 1. The Bertz CT molecular complexity index is 461. The summed E-state index contributed by atoms with van der Waals surface area (Å²) < 4.78 is 33.9. The highest BCUT2D eigenvalue weighted by Crippen LogP contribution is 2.51. The molecule has 1 N–H and O–H groups in total. The number of nitrogens with one attached hydrogen (secondary N) is 1. The topological polar surface area (TPSA) is 21.3 Å². The fraction of sp³-hybridized carbons (Fsp3) is 0.647. The molecule has 1 fully saturated rings. The molecule has 0 heterocycles. The summed E-state index contributed by atoms with van der Waals surface area (Å²) in [6.45, 7) is 4.79. The van der Waals surface area contributed by atoms with Crippen molar-refractivity contribution >= 4 is 0 Å². The molecule has 4 heteroatoms. The molecule has 1 aliphatic rings. The van der Waals surface area contributed by atoms with Gasteiger partial charge in [-0.05, 0) is 31.2 Å². The minimum atomic E-state index is -0.516. The van der Waals surface area contributed by atoms with Gasteiger partial charge in [-0.2, -0.15) is 0 Å². The zero-order chi connectivity index (χ0) is 15.5. The van der Waals surface area contributed by atoms with Crippen molar-refractivity contribution < 1.29 is 13.5 Å². The molecule has 21 heavy (non-hydrogen) atoms. The Morgan fingerprint density at radius 2 is 1.76 bits per heavy atom. The van der Waals surface area contributed by atoms with E-state index in [0.29, 0.717) is 6.54 Å². The second-order valence-electron chi connectivity index (χ2n) is 5.92. The molecular weight excluding hydrogens is 272 g/mol. The van der Waals surface area contributed by atoms with Crippen molar-refractivity contribution in [2.45, 2.75) is 52.0 Å². The molecule has 0 spiro atoms. The average molecular weight is 297 g/mol. The van der Waals surface area contributed by atoms with Crippen LogP contribution in [-0.4, -0.2) is 13.7 Å². The smallest absolute Gasteiger partial charge is 0.134 e. The molecule has 0 aromatic heterocycles. The number of benzene rings is 1. The fourth-order valence-electron chi connectivity index (χ4n) is 3.71. The average Bonchev–Trinajstić information content (AvgIpc) is 2.95. The van der Waals surface area contributed by atoms with E-state index in [1.165, 1.54) is 19.2 Å². The van der Waals surface area contributed by atoms with E-state index in [2.05, 4.69) is 12.2 Å². The summed E-state index contributed by atoms with van der Waals surface area (Å²) in [5, 5.41) is 3.33. The molecule has 1 atom stereocenters. The fourth-order valence-corrected chi connectivity index (χ4v) is 3.71. The standard InChI is InChI=1S/C17H25F2NO/c1-4-17(8-6-7-9-17)16(20-5-2)15-13(18)10-12(21-3)11-14(15)19/h10-11,16,20H,4-9H2,1-3H3. The molecule has 2 rings (SSSR count). The minimum Gasteiger partial charge on any atom is -0.497 e. The van der Waals surface area contributed by atoms with Crippen molar-refractivity contribution in [3.05, 3.63) is 29.3 Å². The third kappa shape index (κ3) is 3.05. The van der Waals surface area contributed by atoms with Crippen LogP contribution in [0.4, 0.5) is 8.78 Å². The Kier molecular flexibility index (Phi) is 5.20. The highest BCUT2D eigenvalue weighted by molar-refractivity contribution is 5.34. The van der Waals surface area contributed by atoms with Gasteiger partial charge in [0.1, 0.15) is 17.4 Å². The Balaban J connectivity index is 2.47. The van der Waals surface area contributed by atoms with Crippen LogP contribution in [-0.2, 0) is 0 Å². The largest absolute Gasteiger partial charge is 0.497 e. The lowest BCUT2D eigenvalue weighted by molar-refractivity contribution is 0.181. The molecule has 118 valence electrons. The first kappa shape index (κ1) is 16.2. The van der Waals surface area contributed by atoms with Gasteiger partial charge in [0.05, 0.1) is 7.11 Å². The van der Waals surface area contributed by atoms with Crippen LogP contribution in [0.2, 0.25) is 0 Å². The first-order valence-corrected chi connectivity index (χ1v) is 7.84. The maximum absolute atomic E-state index is 14.5. The van der Waals surface area contributed by atoms with Gasteiger partial charge in [-0.25, -0.2) is 8.78 Å². The van der Waals surface area contributed by atoms with Crippen molar-refractivity contribution in [1.82, 2.24) is 5.32 Å². The minimum absolute atomic E-state index is 0.0493. The lowest BCUT2D eigenvalue weighted by Gasteiger charge is -2.38. The van der Waals surface area contributed by atoms with Crippen LogP contribution in [0.15, 0.2) is 12.1 Å². The molecule has 0 saturated heterocycles. The Morgan fingerprint density at radius 3 is 2.19 bits per heavy atom. The zero-order valence-electron chi connectivity index (χ0n) is 13.1. The van der Waals surface area contributed by atoms with Gasteiger partial charge >= 0.3 is 0 Å². The number of halogens is 2. The van der Waals surface area contributed by atoms with E-state index in [1.807, 2.05) is 6.92 Å². The number of rotatable bonds is 6. The summed E-state index contributed by atoms with van der Waals surface area (Å²) in [6.07, 6.45) is 5.23. The van der Waals surface area contributed by atoms with Gasteiger partial charge in [-0.15, -0.1) is 0 Å². The first-order chi connectivity index (χ1) is 10.1. The van der Waals surface area contributed by atoms with E-state index >= 15 is 0 Å². The normalized spacial score (nSPS) is 18.7. The summed E-state index contributed by atoms with van der Waals surface area (Å²) in [5.74, 6) is -0.809. The summed E-state index contributed by atoms with van der Waals surface area (Å²) >= 11 is 0. The van der Waals surface area contributed by atoms with Crippen LogP contribution in [0.1, 0.15) is 57.6 Å². The molecule has 1 aromatic carbocycles. The Hall–Kier alpha value is -1.16. The van der Waals surface area contributed by atoms with Crippen LogP contribution in [0, 0.1) is 17.0 Å². The summed E-state index contributed by atoms with van der Waals surface area (Å²) in [6, 6.07) is 2.28. The molecule has 0 bridgehead atoms. The maximum atomic E-state index is 14.5. The Labute approximate surface area is 125 Å². The molecule has 0 amide bonds. The van der Waals surface area contributed by atoms with Crippen molar-refractivity contribution in [3.8, 4) is 5.75 Å². The predicted octanol–water partition coefficient (Wildman–Crippen LogP) is 4.59. The summed E-state index contributed by atoms with van der Waals surface area (Å²) in [7, 11) is 1.42. The van der Waals surface area contributed by atoms with Gasteiger partial charge in [-0.1, -0.05) is 26.7 Å².